The molecule has 2 atom stereocenters. The van der Waals surface area contributed by atoms with E-state index in [2.05, 4.69) is 39.3 Å². The molecule has 1 fully saturated rings. The molecule has 0 aliphatic heterocycles. The average molecular weight is 298 g/mol. The molecular formula is C13H22N4S2. The van der Waals surface area contributed by atoms with E-state index in [0.717, 1.165) is 22.0 Å². The average Bonchev–Trinajstić information content (AvgIpc) is 2.86. The molecule has 0 bridgehead atoms. The van der Waals surface area contributed by atoms with Crippen LogP contribution in [-0.4, -0.2) is 40.3 Å². The summed E-state index contributed by atoms with van der Waals surface area (Å²) in [4.78, 5) is 8.91. The lowest BCUT2D eigenvalue weighted by atomic mass is 10.2. The number of nitrogens with zero attached hydrogens (tertiary/aromatic N) is 2. The Morgan fingerprint density at radius 2 is 2.11 bits per heavy atom. The van der Waals surface area contributed by atoms with Gasteiger partial charge in [0.25, 0.3) is 0 Å². The highest BCUT2D eigenvalue weighted by molar-refractivity contribution is 7.99. The minimum absolute atomic E-state index is 0.554. The highest BCUT2D eigenvalue weighted by atomic mass is 32.2. The largest absolute Gasteiger partial charge is 0.373 e. The van der Waals surface area contributed by atoms with Crippen LogP contribution in [0.2, 0.25) is 0 Å². The van der Waals surface area contributed by atoms with Crippen molar-refractivity contribution in [1.29, 1.82) is 0 Å². The van der Waals surface area contributed by atoms with E-state index in [1.165, 1.54) is 25.0 Å². The van der Waals surface area contributed by atoms with Gasteiger partial charge in [-0.05, 0) is 31.3 Å². The van der Waals surface area contributed by atoms with Crippen LogP contribution in [0.5, 0.6) is 0 Å². The SMILES string of the molecule is CCSC1CCC(Nc2cc(NC)nc(SC)n2)C1. The molecule has 1 aliphatic carbocycles. The predicted molar refractivity (Wildman–Crippen MR) is 86.5 cm³/mol. The van der Waals surface area contributed by atoms with E-state index in [1.54, 1.807) is 11.8 Å². The van der Waals surface area contributed by atoms with Crippen molar-refractivity contribution in [2.45, 2.75) is 42.6 Å². The molecule has 0 spiro atoms. The number of hydrogen-bond donors (Lipinski definition) is 2. The quantitative estimate of drug-likeness (QED) is 0.620. The second-order valence-corrected chi connectivity index (χ2v) is 6.96. The van der Waals surface area contributed by atoms with Gasteiger partial charge < -0.3 is 10.6 Å². The molecule has 0 radical (unpaired) electrons. The third kappa shape index (κ3) is 4.18. The molecule has 19 heavy (non-hydrogen) atoms. The van der Waals surface area contributed by atoms with Gasteiger partial charge in [-0.1, -0.05) is 18.7 Å². The lowest BCUT2D eigenvalue weighted by molar-refractivity contribution is 0.747. The first-order valence-electron chi connectivity index (χ1n) is 6.74. The lowest BCUT2D eigenvalue weighted by Crippen LogP contribution is -2.17. The summed E-state index contributed by atoms with van der Waals surface area (Å²) in [5.41, 5.74) is 0. The van der Waals surface area contributed by atoms with Gasteiger partial charge in [-0.2, -0.15) is 11.8 Å². The Labute approximate surface area is 123 Å². The van der Waals surface area contributed by atoms with Crippen molar-refractivity contribution >= 4 is 35.2 Å². The second kappa shape index (κ2) is 7.24. The van der Waals surface area contributed by atoms with Crippen LogP contribution < -0.4 is 10.6 Å². The van der Waals surface area contributed by atoms with Gasteiger partial charge in [0.05, 0.1) is 0 Å². The second-order valence-electron chi connectivity index (χ2n) is 4.61. The smallest absolute Gasteiger partial charge is 0.191 e. The van der Waals surface area contributed by atoms with E-state index < -0.39 is 0 Å². The van der Waals surface area contributed by atoms with Crippen molar-refractivity contribution < 1.29 is 0 Å². The van der Waals surface area contributed by atoms with Crippen LogP contribution in [0.15, 0.2) is 11.2 Å². The Kier molecular flexibility index (Phi) is 5.63. The summed E-state index contributed by atoms with van der Waals surface area (Å²) in [5, 5.41) is 8.27. The van der Waals surface area contributed by atoms with Crippen molar-refractivity contribution in [3.63, 3.8) is 0 Å². The lowest BCUT2D eigenvalue weighted by Gasteiger charge is -2.15. The first-order valence-corrected chi connectivity index (χ1v) is 9.01. The first kappa shape index (κ1) is 14.8. The fourth-order valence-corrected chi connectivity index (χ4v) is 3.91. The first-order chi connectivity index (χ1) is 9.25. The number of rotatable bonds is 6. The molecule has 2 unspecified atom stereocenters. The molecule has 1 aliphatic rings. The van der Waals surface area contributed by atoms with Crippen molar-refractivity contribution in [2.75, 3.05) is 29.7 Å². The summed E-state index contributed by atoms with van der Waals surface area (Å²) in [6.45, 7) is 2.24. The van der Waals surface area contributed by atoms with Crippen LogP contribution in [-0.2, 0) is 0 Å². The molecule has 2 rings (SSSR count). The molecule has 0 aromatic carbocycles. The summed E-state index contributed by atoms with van der Waals surface area (Å²) in [5.74, 6) is 3.03. The summed E-state index contributed by atoms with van der Waals surface area (Å²) in [6.07, 6.45) is 5.80. The van der Waals surface area contributed by atoms with E-state index in [-0.39, 0.29) is 0 Å². The zero-order valence-corrected chi connectivity index (χ0v) is 13.4. The van der Waals surface area contributed by atoms with E-state index in [1.807, 2.05) is 19.4 Å². The zero-order chi connectivity index (χ0) is 13.7. The van der Waals surface area contributed by atoms with Crippen molar-refractivity contribution in [3.05, 3.63) is 6.07 Å². The summed E-state index contributed by atoms with van der Waals surface area (Å²) >= 11 is 3.65. The van der Waals surface area contributed by atoms with Crippen molar-refractivity contribution in [3.8, 4) is 0 Å². The highest BCUT2D eigenvalue weighted by Crippen LogP contribution is 2.31. The van der Waals surface area contributed by atoms with Gasteiger partial charge in [-0.15, -0.1) is 0 Å². The summed E-state index contributed by atoms with van der Waals surface area (Å²) < 4.78 is 0. The van der Waals surface area contributed by atoms with Crippen molar-refractivity contribution in [2.24, 2.45) is 0 Å². The van der Waals surface area contributed by atoms with E-state index >= 15 is 0 Å². The third-order valence-corrected chi connectivity index (χ3v) is 5.06. The highest BCUT2D eigenvalue weighted by Gasteiger charge is 2.24. The van der Waals surface area contributed by atoms with Crippen LogP contribution in [0.1, 0.15) is 26.2 Å². The Bertz CT molecular complexity index is 391. The maximum Gasteiger partial charge on any atom is 0.191 e. The topological polar surface area (TPSA) is 49.8 Å². The Balaban J connectivity index is 1.99. The summed E-state index contributed by atoms with van der Waals surface area (Å²) in [6, 6.07) is 2.54. The van der Waals surface area contributed by atoms with Gasteiger partial charge in [0.2, 0.25) is 0 Å². The van der Waals surface area contributed by atoms with Crippen LogP contribution in [0, 0.1) is 0 Å². The van der Waals surface area contributed by atoms with Gasteiger partial charge in [-0.3, -0.25) is 0 Å². The minimum Gasteiger partial charge on any atom is -0.373 e. The summed E-state index contributed by atoms with van der Waals surface area (Å²) in [7, 11) is 1.89. The van der Waals surface area contributed by atoms with Crippen LogP contribution in [0.25, 0.3) is 0 Å². The Hall–Kier alpha value is -0.620. The molecular weight excluding hydrogens is 276 g/mol. The minimum atomic E-state index is 0.554. The molecule has 0 amide bonds. The zero-order valence-electron chi connectivity index (χ0n) is 11.8. The normalized spacial score (nSPS) is 22.5. The molecule has 4 nitrogen and oxygen atoms in total. The molecule has 2 N–H and O–H groups in total. The Morgan fingerprint density at radius 1 is 1.32 bits per heavy atom. The number of anilines is 2. The molecule has 106 valence electrons. The van der Waals surface area contributed by atoms with Gasteiger partial charge >= 0.3 is 0 Å². The number of thioether (sulfide) groups is 2. The van der Waals surface area contributed by atoms with Crippen LogP contribution in [0.4, 0.5) is 11.6 Å². The molecule has 1 aromatic heterocycles. The Morgan fingerprint density at radius 3 is 2.79 bits per heavy atom. The predicted octanol–water partition coefficient (Wildman–Crippen LogP) is 3.33. The molecule has 0 saturated heterocycles. The van der Waals surface area contributed by atoms with E-state index in [0.29, 0.717) is 6.04 Å². The van der Waals surface area contributed by atoms with Gasteiger partial charge in [-0.25, -0.2) is 9.97 Å². The van der Waals surface area contributed by atoms with Crippen LogP contribution >= 0.6 is 23.5 Å². The maximum atomic E-state index is 4.53. The molecule has 1 aromatic rings. The standard InChI is InChI=1S/C13H22N4S2/c1-4-19-10-6-5-9(7-10)15-12-8-11(14-2)16-13(17-12)18-3/h8-10H,4-7H2,1-3H3,(H2,14,15,16,17). The molecule has 1 saturated carbocycles. The number of nitrogens with one attached hydrogen (secondary N) is 2. The molecule has 1 heterocycles. The number of aromatic nitrogens is 2. The van der Waals surface area contributed by atoms with Crippen LogP contribution in [0.3, 0.4) is 0 Å². The fourth-order valence-electron chi connectivity index (χ4n) is 2.39. The maximum absolute atomic E-state index is 4.53. The monoisotopic (exact) mass is 298 g/mol. The third-order valence-electron chi connectivity index (χ3n) is 3.28. The number of hydrogen-bond acceptors (Lipinski definition) is 6. The van der Waals surface area contributed by atoms with E-state index in [4.69, 9.17) is 0 Å². The van der Waals surface area contributed by atoms with E-state index in [9.17, 15) is 0 Å². The van der Waals surface area contributed by atoms with Gasteiger partial charge in [0, 0.05) is 24.4 Å². The van der Waals surface area contributed by atoms with Crippen molar-refractivity contribution in [1.82, 2.24) is 9.97 Å². The fraction of sp³-hybridized carbons (Fsp3) is 0.692. The molecule has 6 heteroatoms. The van der Waals surface area contributed by atoms with Gasteiger partial charge in [0.1, 0.15) is 11.6 Å². The van der Waals surface area contributed by atoms with Gasteiger partial charge in [0.15, 0.2) is 5.16 Å².